The number of benzene rings is 3. The lowest BCUT2D eigenvalue weighted by molar-refractivity contribution is -0.256. The number of rotatable bonds is 43. The topological polar surface area (TPSA) is 502 Å². The summed E-state index contributed by atoms with van der Waals surface area (Å²) in [6.07, 6.45) is 3.31. The zero-order chi connectivity index (χ0) is 93.0. The van der Waals surface area contributed by atoms with Gasteiger partial charge < -0.3 is 96.7 Å². The van der Waals surface area contributed by atoms with Crippen LogP contribution in [-0.4, -0.2) is 200 Å². The number of hydrogen-bond acceptors (Lipinski definition) is 32. The molecule has 126 heavy (non-hydrogen) atoms. The predicted octanol–water partition coefficient (Wildman–Crippen LogP) is 10.9. The number of ketones is 3. The van der Waals surface area contributed by atoms with Gasteiger partial charge in [0.05, 0.1) is 38.1 Å². The van der Waals surface area contributed by atoms with Crippen LogP contribution in [0.2, 0.25) is 0 Å². The molecule has 6 aromatic rings. The molecule has 0 amide bonds. The summed E-state index contributed by atoms with van der Waals surface area (Å²) >= 11 is 0. The van der Waals surface area contributed by atoms with Crippen LogP contribution in [0.1, 0.15) is 247 Å². The highest BCUT2D eigenvalue weighted by molar-refractivity contribution is 7.80. The number of carbonyl (C=O) groups is 6. The van der Waals surface area contributed by atoms with Gasteiger partial charge in [-0.15, -0.1) is 0 Å². The van der Waals surface area contributed by atoms with E-state index in [4.69, 9.17) is 60.4 Å². The molecule has 9 rings (SSSR count). The minimum Gasteiger partial charge on any atom is -0.464 e. The molecule has 15 atom stereocenters. The van der Waals surface area contributed by atoms with Crippen LogP contribution in [-0.2, 0) is 91.0 Å². The monoisotopic (exact) mass is 1790 g/mol. The molecule has 702 valence electrons. The second-order valence-corrected chi connectivity index (χ2v) is 36.8. The van der Waals surface area contributed by atoms with E-state index in [0.29, 0.717) is 82.9 Å². The molecule has 3 fully saturated rings. The Kier molecular flexibility index (Phi) is 41.0. The quantitative estimate of drug-likeness (QED) is 0.00564. The molecule has 3 aromatic heterocycles. The Balaban J connectivity index is 0.000000260. The van der Waals surface area contributed by atoms with E-state index in [1.54, 1.807) is 50.2 Å². The first-order valence-electron chi connectivity index (χ1n) is 43.6. The first-order valence-corrected chi connectivity index (χ1v) is 44.9. The van der Waals surface area contributed by atoms with Crippen LogP contribution < -0.4 is 31.1 Å². The fourth-order valence-corrected chi connectivity index (χ4v) is 15.3. The molecule has 0 radical (unpaired) electrons. The van der Waals surface area contributed by atoms with Crippen molar-refractivity contribution in [3.63, 3.8) is 0 Å². The normalized spacial score (nSPS) is 22.8. The van der Waals surface area contributed by atoms with Gasteiger partial charge in [0.2, 0.25) is 18.9 Å². The van der Waals surface area contributed by atoms with Crippen molar-refractivity contribution in [1.29, 1.82) is 0 Å². The molecule has 0 bridgehead atoms. The highest BCUT2D eigenvalue weighted by atomic mass is 32.3. The van der Waals surface area contributed by atoms with Gasteiger partial charge in [-0.2, -0.15) is 8.42 Å². The molecule has 3 aromatic carbocycles. The van der Waals surface area contributed by atoms with Gasteiger partial charge in [-0.05, 0) is 154 Å². The third-order valence-electron chi connectivity index (χ3n) is 21.4. The van der Waals surface area contributed by atoms with Gasteiger partial charge >= 0.3 is 45.2 Å². The maximum absolute atomic E-state index is 12.7. The Hall–Kier alpha value is -8.46. The molecule has 33 nitrogen and oxygen atoms in total. The van der Waals surface area contributed by atoms with E-state index >= 15 is 0 Å². The van der Waals surface area contributed by atoms with E-state index in [9.17, 15) is 92.4 Å². The maximum atomic E-state index is 12.7. The third-order valence-corrected chi connectivity index (χ3v) is 21.8. The van der Waals surface area contributed by atoms with Gasteiger partial charge in [0.15, 0.2) is 0 Å². The average Bonchev–Trinajstić information content (AvgIpc) is 0.791. The van der Waals surface area contributed by atoms with Gasteiger partial charge in [-0.1, -0.05) is 91.4 Å². The second-order valence-electron chi connectivity index (χ2n) is 35.7. The fourth-order valence-electron chi connectivity index (χ4n) is 14.8. The third kappa shape index (κ3) is 34.9. The van der Waals surface area contributed by atoms with Gasteiger partial charge in [-0.3, -0.25) is 33.3 Å². The highest BCUT2D eigenvalue weighted by Crippen LogP contribution is 2.36. The van der Waals surface area contributed by atoms with Crippen molar-refractivity contribution >= 4 is 78.6 Å². The predicted molar refractivity (Wildman–Crippen MR) is 460 cm³/mol. The highest BCUT2D eigenvalue weighted by Gasteiger charge is 2.48. The van der Waals surface area contributed by atoms with E-state index in [1.807, 2.05) is 62.3 Å². The number of carbonyl (C=O) groups excluding carboxylic acids is 6. The van der Waals surface area contributed by atoms with E-state index in [1.165, 1.54) is 43.3 Å². The molecule has 9 N–H and O–H groups in total. The summed E-state index contributed by atoms with van der Waals surface area (Å²) in [5, 5.41) is 81.5. The molecule has 15 unspecified atom stereocenters. The SMILES string of the molecule is CC1C(Oc2ccc3c(CC(=O)CCCCCCCC(=O)OC(C)(C)C)cc(=O)oc3c2)OC(CO)C(O)C1O.CC1C(Oc2ccc3c(CC(=O)CCCCCCCCC(=O)OC(C)(C)C)cc(=O)oc3c2)OC(CO)C(O)C1O.CC1C(Oc2ccc3c(CC(=O)CCCCCCCCC(=O)OC(C)(C)C)cc(=O)oc3c2)OC(CO)C(OS(=O)(=O)O)C1O. The number of Topliss-reactive ketones (excluding diaryl/α,β-unsaturated/α-hetero) is 3. The molecule has 0 saturated carbocycles. The summed E-state index contributed by atoms with van der Waals surface area (Å²) in [5.74, 6) is -1.72. The number of aliphatic hydroxyl groups excluding tert-OH is 8. The van der Waals surface area contributed by atoms with Crippen LogP contribution in [0, 0.1) is 17.8 Å². The molecule has 34 heteroatoms. The van der Waals surface area contributed by atoms with E-state index in [-0.39, 0.29) is 77.0 Å². The molecule has 6 heterocycles. The average molecular weight is 1800 g/mol. The summed E-state index contributed by atoms with van der Waals surface area (Å²) in [7, 11) is -4.93. The number of aliphatic hydroxyl groups is 8. The van der Waals surface area contributed by atoms with Gasteiger partial charge in [0.1, 0.15) is 105 Å². The van der Waals surface area contributed by atoms with Crippen molar-refractivity contribution in [1.82, 2.24) is 0 Å². The molecule has 3 saturated heterocycles. The van der Waals surface area contributed by atoms with Crippen molar-refractivity contribution in [3.05, 3.63) is 121 Å². The largest absolute Gasteiger partial charge is 0.464 e. The number of unbranched alkanes of at least 4 members (excludes halogenated alkanes) is 14. The van der Waals surface area contributed by atoms with Crippen LogP contribution in [0.5, 0.6) is 17.2 Å². The molecular formula is C92H130O33S. The van der Waals surface area contributed by atoms with E-state index in [0.717, 1.165) is 109 Å². The fraction of sp³-hybridized carbons (Fsp3) is 0.641. The smallest absolute Gasteiger partial charge is 0.397 e. The van der Waals surface area contributed by atoms with E-state index < -0.39 is 155 Å². The van der Waals surface area contributed by atoms with Crippen LogP contribution in [0.15, 0.2) is 100 Å². The molecular weight excluding hydrogens is 1670 g/mol. The van der Waals surface area contributed by atoms with Gasteiger partial charge in [0.25, 0.3) is 0 Å². The molecule has 3 aliphatic rings. The van der Waals surface area contributed by atoms with Crippen molar-refractivity contribution in [3.8, 4) is 17.2 Å². The Morgan fingerprint density at radius 3 is 0.873 bits per heavy atom. The molecule has 0 aliphatic carbocycles. The zero-order valence-corrected chi connectivity index (χ0v) is 75.1. The maximum Gasteiger partial charge on any atom is 0.397 e. The first-order chi connectivity index (χ1) is 59.3. The second kappa shape index (κ2) is 49.4. The molecule has 3 aliphatic heterocycles. The van der Waals surface area contributed by atoms with E-state index in [2.05, 4.69) is 4.18 Å². The minimum absolute atomic E-state index is 0.0118. The van der Waals surface area contributed by atoms with Crippen molar-refractivity contribution < 1.29 is 143 Å². The Labute approximate surface area is 734 Å². The minimum atomic E-state index is -4.93. The number of ether oxygens (including phenoxy) is 9. The first kappa shape index (κ1) is 105. The Morgan fingerprint density at radius 2 is 0.611 bits per heavy atom. The lowest BCUT2D eigenvalue weighted by atomic mass is 9.92. The Bertz CT molecular complexity index is 4810. The van der Waals surface area contributed by atoms with Crippen molar-refractivity contribution in [2.24, 2.45) is 17.8 Å². The summed E-state index contributed by atoms with van der Waals surface area (Å²) in [4.78, 5) is 110. The van der Waals surface area contributed by atoms with Crippen LogP contribution in [0.3, 0.4) is 0 Å². The molecule has 0 spiro atoms. The number of hydrogen-bond donors (Lipinski definition) is 9. The lowest BCUT2D eigenvalue weighted by Crippen LogP contribution is -2.57. The zero-order valence-electron chi connectivity index (χ0n) is 74.3. The van der Waals surface area contributed by atoms with Crippen LogP contribution >= 0.6 is 0 Å². The number of fused-ring (bicyclic) bond motifs is 3. The lowest BCUT2D eigenvalue weighted by Gasteiger charge is -2.41. The van der Waals surface area contributed by atoms with Crippen LogP contribution in [0.4, 0.5) is 0 Å². The standard InChI is InChI=1S/C31H44O13S.C31H44O10.C30H42O10/c1-19-28(36)29(44-45(37,38)39)25(18-32)42-30(19)40-22-13-14-23-20(16-27(35)41-24(23)17-22)15-21(33)11-9-7-5-6-8-10-12-26(34)43-31(2,3)4;1-19-28(36)29(37)25(18-32)40-30(19)38-22-13-14-23-20(16-27(35)39-24(23)17-22)15-21(33)11-9-7-5-6-8-10-12-26(34)41-31(2,3)4;1-18-27(35)28(36)24(17-31)39-29(18)37-21-12-13-22-19(15-26(34)38-23(22)16-21)14-20(32)10-8-6-5-7-9-11-25(33)40-30(2,3)4/h13-14,16-17,19,25,28-30,32,36H,5-12,15,18H2,1-4H3,(H,37,38,39);13-14,16-17,19,25,28-30,32,36-37H,5-12,15,18H2,1-4H3;12-13,15-16,18,24,27-29,31,35-36H,5-11,14,17H2,1-4H3. The number of esters is 3. The summed E-state index contributed by atoms with van der Waals surface area (Å²) in [6.45, 7) is 19.8. The van der Waals surface area contributed by atoms with Crippen LogP contribution in [0.25, 0.3) is 32.9 Å². The van der Waals surface area contributed by atoms with Gasteiger partial charge in [0, 0.05) is 128 Å². The van der Waals surface area contributed by atoms with Gasteiger partial charge in [-0.25, -0.2) is 18.6 Å². The van der Waals surface area contributed by atoms with Crippen molar-refractivity contribution in [2.75, 3.05) is 19.8 Å². The Morgan fingerprint density at radius 1 is 0.357 bits per heavy atom. The summed E-state index contributed by atoms with van der Waals surface area (Å²) in [5.41, 5.74) is -0.861. The van der Waals surface area contributed by atoms with Crippen molar-refractivity contribution in [2.45, 2.75) is 341 Å². The summed E-state index contributed by atoms with van der Waals surface area (Å²) in [6, 6.07) is 18.3. The summed E-state index contributed by atoms with van der Waals surface area (Å²) < 4.78 is 102.